The number of carbonyl (C=O) groups excluding carboxylic acids is 2. The molecule has 3 N–H and O–H groups in total. The van der Waals surface area contributed by atoms with Crippen molar-refractivity contribution in [3.63, 3.8) is 0 Å². The van der Waals surface area contributed by atoms with Gasteiger partial charge >= 0.3 is 0 Å². The van der Waals surface area contributed by atoms with E-state index in [1.54, 1.807) is 6.92 Å². The van der Waals surface area contributed by atoms with Crippen molar-refractivity contribution in [3.05, 3.63) is 23.8 Å². The van der Waals surface area contributed by atoms with Gasteiger partial charge < -0.3 is 20.4 Å². The molecule has 1 aromatic carbocycles. The molecule has 0 atom stereocenters. The zero-order valence-electron chi connectivity index (χ0n) is 10.3. The average Bonchev–Trinajstić information content (AvgIpc) is 2.32. The van der Waals surface area contributed by atoms with Crippen molar-refractivity contribution in [1.29, 1.82) is 0 Å². The number of benzene rings is 1. The second kappa shape index (κ2) is 5.90. The minimum absolute atomic E-state index is 0.0400. The molecule has 6 heteroatoms. The van der Waals surface area contributed by atoms with Crippen LogP contribution in [0.5, 0.6) is 11.5 Å². The summed E-state index contributed by atoms with van der Waals surface area (Å²) in [5.41, 5.74) is -0.0400. The van der Waals surface area contributed by atoms with Crippen LogP contribution in [0.4, 0.5) is 0 Å². The Morgan fingerprint density at radius 1 is 1.33 bits per heavy atom. The van der Waals surface area contributed by atoms with Crippen LogP contribution in [0.25, 0.3) is 0 Å². The van der Waals surface area contributed by atoms with Crippen molar-refractivity contribution in [2.45, 2.75) is 6.92 Å². The summed E-state index contributed by atoms with van der Waals surface area (Å²) in [6.07, 6.45) is 0. The highest BCUT2D eigenvalue weighted by molar-refractivity contribution is 5.99. The van der Waals surface area contributed by atoms with Crippen molar-refractivity contribution in [1.82, 2.24) is 10.2 Å². The van der Waals surface area contributed by atoms with Crippen molar-refractivity contribution >= 4 is 11.8 Å². The molecule has 0 aliphatic rings. The van der Waals surface area contributed by atoms with Crippen LogP contribution in [0.3, 0.4) is 0 Å². The van der Waals surface area contributed by atoms with E-state index in [0.717, 1.165) is 0 Å². The van der Waals surface area contributed by atoms with Crippen molar-refractivity contribution in [3.8, 4) is 11.5 Å². The van der Waals surface area contributed by atoms with Crippen LogP contribution in [-0.4, -0.2) is 47.1 Å². The highest BCUT2D eigenvalue weighted by atomic mass is 16.3. The number of likely N-dealkylation sites (N-methyl/N-ethyl adjacent to an activating group) is 2. The molecule has 0 aliphatic heterocycles. The minimum atomic E-state index is -0.533. The van der Waals surface area contributed by atoms with Gasteiger partial charge in [-0.25, -0.2) is 0 Å². The first-order chi connectivity index (χ1) is 8.47. The molecule has 0 aromatic heterocycles. The lowest BCUT2D eigenvalue weighted by Gasteiger charge is -2.17. The first-order valence-electron chi connectivity index (χ1n) is 5.50. The van der Waals surface area contributed by atoms with Gasteiger partial charge in [0, 0.05) is 13.6 Å². The number of hydrogen-bond acceptors (Lipinski definition) is 4. The van der Waals surface area contributed by atoms with E-state index in [1.165, 1.54) is 30.1 Å². The van der Waals surface area contributed by atoms with Crippen molar-refractivity contribution < 1.29 is 19.8 Å². The van der Waals surface area contributed by atoms with E-state index < -0.39 is 11.7 Å². The Morgan fingerprint density at radius 2 is 2.00 bits per heavy atom. The van der Waals surface area contributed by atoms with E-state index in [1.807, 2.05) is 0 Å². The molecule has 1 aromatic rings. The molecule has 0 fully saturated rings. The Balaban J connectivity index is 2.81. The quantitative estimate of drug-likeness (QED) is 0.672. The number of nitrogens with one attached hydrogen (secondary N) is 1. The number of para-hydroxylation sites is 1. The fraction of sp³-hybridized carbons (Fsp3) is 0.333. The molecule has 0 unspecified atom stereocenters. The Labute approximate surface area is 105 Å². The predicted molar refractivity (Wildman–Crippen MR) is 65.4 cm³/mol. The maximum absolute atomic E-state index is 11.9. The molecule has 2 amide bonds. The summed E-state index contributed by atoms with van der Waals surface area (Å²) in [6.45, 7) is 2.15. The van der Waals surface area contributed by atoms with E-state index in [9.17, 15) is 19.8 Å². The molecule has 0 saturated carbocycles. The molecular weight excluding hydrogens is 236 g/mol. The molecule has 0 saturated heterocycles. The van der Waals surface area contributed by atoms with Gasteiger partial charge in [-0.2, -0.15) is 0 Å². The highest BCUT2D eigenvalue weighted by Gasteiger charge is 2.19. The van der Waals surface area contributed by atoms with Gasteiger partial charge in [0.15, 0.2) is 11.5 Å². The van der Waals surface area contributed by atoms with Gasteiger partial charge in [0.05, 0.1) is 12.1 Å². The van der Waals surface area contributed by atoms with Gasteiger partial charge in [-0.1, -0.05) is 6.07 Å². The maximum Gasteiger partial charge on any atom is 0.257 e. The number of amides is 2. The molecule has 0 heterocycles. The van der Waals surface area contributed by atoms with E-state index in [0.29, 0.717) is 6.54 Å². The fourth-order valence-electron chi connectivity index (χ4n) is 1.45. The number of carbonyl (C=O) groups is 2. The van der Waals surface area contributed by atoms with Crippen LogP contribution in [0.15, 0.2) is 18.2 Å². The van der Waals surface area contributed by atoms with Crippen LogP contribution < -0.4 is 5.32 Å². The largest absolute Gasteiger partial charge is 0.504 e. The van der Waals surface area contributed by atoms with Gasteiger partial charge in [0.2, 0.25) is 5.91 Å². The minimum Gasteiger partial charge on any atom is -0.504 e. The third-order valence-corrected chi connectivity index (χ3v) is 2.35. The summed E-state index contributed by atoms with van der Waals surface area (Å²) in [5, 5.41) is 21.4. The number of nitrogens with zero attached hydrogens (tertiary/aromatic N) is 1. The van der Waals surface area contributed by atoms with Crippen molar-refractivity contribution in [2.75, 3.05) is 20.1 Å². The summed E-state index contributed by atoms with van der Waals surface area (Å²) in [4.78, 5) is 24.4. The van der Waals surface area contributed by atoms with Crippen molar-refractivity contribution in [2.24, 2.45) is 0 Å². The first-order valence-corrected chi connectivity index (χ1v) is 5.50. The number of phenols is 2. The summed E-state index contributed by atoms with van der Waals surface area (Å²) in [7, 11) is 1.45. The molecule has 0 spiro atoms. The average molecular weight is 252 g/mol. The Morgan fingerprint density at radius 3 is 2.61 bits per heavy atom. The van der Waals surface area contributed by atoms with E-state index in [2.05, 4.69) is 5.32 Å². The Bertz CT molecular complexity index is 459. The summed E-state index contributed by atoms with van der Waals surface area (Å²) in [6, 6.07) is 4.10. The third-order valence-electron chi connectivity index (χ3n) is 2.35. The smallest absolute Gasteiger partial charge is 0.257 e. The number of phenolic OH excluding ortho intramolecular Hbond substituents is 2. The SMILES string of the molecule is CCNC(=O)CN(C)C(=O)c1cccc(O)c1O. The van der Waals surface area contributed by atoms with E-state index in [-0.39, 0.29) is 23.8 Å². The second-order valence-electron chi connectivity index (χ2n) is 3.79. The summed E-state index contributed by atoms with van der Waals surface area (Å²) < 4.78 is 0. The standard InChI is InChI=1S/C12H16N2O4/c1-3-13-10(16)7-14(2)12(18)8-5-4-6-9(15)11(8)17/h4-6,15,17H,3,7H2,1-2H3,(H,13,16). The Hall–Kier alpha value is -2.24. The lowest BCUT2D eigenvalue weighted by atomic mass is 10.1. The molecule has 0 radical (unpaired) electrons. The van der Waals surface area contributed by atoms with Gasteiger partial charge in [-0.3, -0.25) is 9.59 Å². The van der Waals surface area contributed by atoms with Gasteiger partial charge in [0.25, 0.3) is 5.91 Å². The lowest BCUT2D eigenvalue weighted by molar-refractivity contribution is -0.121. The fourth-order valence-corrected chi connectivity index (χ4v) is 1.45. The molecule has 98 valence electrons. The monoisotopic (exact) mass is 252 g/mol. The molecule has 18 heavy (non-hydrogen) atoms. The number of aromatic hydroxyl groups is 2. The van der Waals surface area contributed by atoms with Crippen LogP contribution in [-0.2, 0) is 4.79 Å². The van der Waals surface area contributed by atoms with Crippen LogP contribution in [0, 0.1) is 0 Å². The first kappa shape index (κ1) is 13.8. The van der Waals surface area contributed by atoms with Gasteiger partial charge in [0.1, 0.15) is 0 Å². The molecule has 0 aliphatic carbocycles. The summed E-state index contributed by atoms with van der Waals surface area (Å²) in [5.74, 6) is -1.67. The van der Waals surface area contributed by atoms with E-state index >= 15 is 0 Å². The topological polar surface area (TPSA) is 89.9 Å². The second-order valence-corrected chi connectivity index (χ2v) is 3.79. The van der Waals surface area contributed by atoms with Crippen LogP contribution >= 0.6 is 0 Å². The predicted octanol–water partition coefficient (Wildman–Crippen LogP) is 0.306. The zero-order valence-corrected chi connectivity index (χ0v) is 10.3. The number of rotatable bonds is 4. The highest BCUT2D eigenvalue weighted by Crippen LogP contribution is 2.28. The molecule has 0 bridgehead atoms. The molecular formula is C12H16N2O4. The van der Waals surface area contributed by atoms with Gasteiger partial charge in [-0.05, 0) is 19.1 Å². The van der Waals surface area contributed by atoms with Crippen LogP contribution in [0.2, 0.25) is 0 Å². The van der Waals surface area contributed by atoms with E-state index in [4.69, 9.17) is 0 Å². The third kappa shape index (κ3) is 3.13. The van der Waals surface area contributed by atoms with Crippen LogP contribution in [0.1, 0.15) is 17.3 Å². The molecule has 1 rings (SSSR count). The summed E-state index contributed by atoms with van der Waals surface area (Å²) >= 11 is 0. The normalized spacial score (nSPS) is 9.89. The maximum atomic E-state index is 11.9. The lowest BCUT2D eigenvalue weighted by Crippen LogP contribution is -2.38. The Kier molecular flexibility index (Phi) is 4.53. The number of hydrogen-bond donors (Lipinski definition) is 3. The zero-order chi connectivity index (χ0) is 13.7. The van der Waals surface area contributed by atoms with Gasteiger partial charge in [-0.15, -0.1) is 0 Å². The molecule has 6 nitrogen and oxygen atoms in total.